The van der Waals surface area contributed by atoms with Crippen LogP contribution < -0.4 is 10.5 Å². The van der Waals surface area contributed by atoms with Crippen LogP contribution in [-0.2, 0) is 16.6 Å². The molecule has 0 bridgehead atoms. The monoisotopic (exact) mass is 331 g/mol. The summed E-state index contributed by atoms with van der Waals surface area (Å²) in [5.74, 6) is 0. The molecule has 7 heteroatoms. The molecule has 0 aliphatic heterocycles. The predicted octanol–water partition coefficient (Wildman–Crippen LogP) is 1.56. The van der Waals surface area contributed by atoms with Crippen molar-refractivity contribution in [1.29, 1.82) is 0 Å². The molecule has 1 aliphatic rings. The zero-order chi connectivity index (χ0) is 15.7. The Kier molecular flexibility index (Phi) is 4.95. The van der Waals surface area contributed by atoms with Crippen molar-refractivity contribution in [1.82, 2.24) is 9.62 Å². The van der Waals surface area contributed by atoms with E-state index in [4.69, 9.17) is 17.3 Å². The maximum atomic E-state index is 12.4. The molecule has 21 heavy (non-hydrogen) atoms. The molecule has 1 aliphatic carbocycles. The van der Waals surface area contributed by atoms with Crippen molar-refractivity contribution < 1.29 is 8.42 Å². The minimum Gasteiger partial charge on any atom is -0.326 e. The third-order valence-corrected chi connectivity index (χ3v) is 6.13. The molecule has 0 radical (unpaired) electrons. The third-order valence-electron chi connectivity index (χ3n) is 4.38. The smallest absolute Gasteiger partial charge is 0.240 e. The molecule has 1 saturated carbocycles. The Labute approximate surface area is 131 Å². The van der Waals surface area contributed by atoms with Crippen LogP contribution in [0.3, 0.4) is 0 Å². The largest absolute Gasteiger partial charge is 0.326 e. The average Bonchev–Trinajstić information content (AvgIpc) is 2.36. The van der Waals surface area contributed by atoms with Crippen molar-refractivity contribution in [2.24, 2.45) is 5.73 Å². The highest BCUT2D eigenvalue weighted by Crippen LogP contribution is 2.35. The molecule has 0 aromatic heterocycles. The van der Waals surface area contributed by atoms with Gasteiger partial charge in [0.15, 0.2) is 0 Å². The summed E-state index contributed by atoms with van der Waals surface area (Å²) in [7, 11) is 0.420. The summed E-state index contributed by atoms with van der Waals surface area (Å²) in [6.45, 7) is 0.703. The third kappa shape index (κ3) is 3.40. The van der Waals surface area contributed by atoms with Gasteiger partial charge in [0, 0.05) is 23.7 Å². The Hall–Kier alpha value is -0.660. The maximum absolute atomic E-state index is 12.4. The molecule has 5 nitrogen and oxygen atoms in total. The number of halogens is 1. The fourth-order valence-electron chi connectivity index (χ4n) is 2.54. The number of hydrogen-bond acceptors (Lipinski definition) is 4. The summed E-state index contributed by atoms with van der Waals surface area (Å²) in [6, 6.07) is 4.65. The van der Waals surface area contributed by atoms with Crippen LogP contribution in [0.2, 0.25) is 5.02 Å². The predicted molar refractivity (Wildman–Crippen MR) is 84.8 cm³/mol. The summed E-state index contributed by atoms with van der Waals surface area (Å²) in [5, 5.41) is 0.381. The fraction of sp³-hybridized carbons (Fsp3) is 0.571. The van der Waals surface area contributed by atoms with E-state index in [9.17, 15) is 8.42 Å². The molecule has 2 rings (SSSR count). The second-order valence-electron chi connectivity index (χ2n) is 5.75. The van der Waals surface area contributed by atoms with Crippen LogP contribution in [-0.4, -0.2) is 39.5 Å². The van der Waals surface area contributed by atoms with Gasteiger partial charge in [-0.2, -0.15) is 0 Å². The molecule has 1 fully saturated rings. The van der Waals surface area contributed by atoms with E-state index in [2.05, 4.69) is 9.62 Å². The average molecular weight is 332 g/mol. The van der Waals surface area contributed by atoms with E-state index < -0.39 is 10.0 Å². The van der Waals surface area contributed by atoms with Gasteiger partial charge < -0.3 is 10.6 Å². The van der Waals surface area contributed by atoms with Crippen molar-refractivity contribution in [3.05, 3.63) is 28.8 Å². The van der Waals surface area contributed by atoms with Crippen LogP contribution in [0.15, 0.2) is 23.1 Å². The first kappa shape index (κ1) is 16.7. The molecule has 0 spiro atoms. The lowest BCUT2D eigenvalue weighted by molar-refractivity contribution is 0.0657. The van der Waals surface area contributed by atoms with Crippen molar-refractivity contribution in [3.8, 4) is 0 Å². The molecule has 0 unspecified atom stereocenters. The molecule has 118 valence electrons. The lowest BCUT2D eigenvalue weighted by atomic mass is 9.76. The summed E-state index contributed by atoms with van der Waals surface area (Å²) in [5.41, 5.74) is 6.20. The summed E-state index contributed by atoms with van der Waals surface area (Å²) in [6.07, 6.45) is 3.15. The number of nitrogens with one attached hydrogen (secondary N) is 1. The second-order valence-corrected chi connectivity index (χ2v) is 7.93. The Morgan fingerprint density at radius 2 is 2.05 bits per heavy atom. The van der Waals surface area contributed by atoms with Gasteiger partial charge in [-0.3, -0.25) is 0 Å². The van der Waals surface area contributed by atoms with Crippen LogP contribution in [0, 0.1) is 0 Å². The maximum Gasteiger partial charge on any atom is 0.240 e. The van der Waals surface area contributed by atoms with Gasteiger partial charge in [-0.15, -0.1) is 0 Å². The number of sulfonamides is 1. The highest BCUT2D eigenvalue weighted by Gasteiger charge is 2.39. The number of rotatable bonds is 6. The van der Waals surface area contributed by atoms with E-state index in [1.54, 1.807) is 12.1 Å². The van der Waals surface area contributed by atoms with E-state index in [1.807, 2.05) is 14.1 Å². The van der Waals surface area contributed by atoms with Crippen molar-refractivity contribution in [3.63, 3.8) is 0 Å². The van der Waals surface area contributed by atoms with E-state index in [0.717, 1.165) is 24.8 Å². The van der Waals surface area contributed by atoms with Gasteiger partial charge in [0.25, 0.3) is 0 Å². The summed E-state index contributed by atoms with van der Waals surface area (Å²) in [4.78, 5) is 2.28. The van der Waals surface area contributed by atoms with Gasteiger partial charge in [0.1, 0.15) is 0 Å². The van der Waals surface area contributed by atoms with Crippen molar-refractivity contribution >= 4 is 21.6 Å². The van der Waals surface area contributed by atoms with E-state index in [1.165, 1.54) is 6.07 Å². The first-order chi connectivity index (χ1) is 9.81. The molecule has 3 N–H and O–H groups in total. The number of benzene rings is 1. The van der Waals surface area contributed by atoms with Gasteiger partial charge in [0.2, 0.25) is 10.0 Å². The fourth-order valence-corrected chi connectivity index (χ4v) is 4.01. The number of hydrogen-bond donors (Lipinski definition) is 2. The first-order valence-corrected chi connectivity index (χ1v) is 8.82. The SMILES string of the molecule is CN(C)C1(CNS(=O)(=O)c2ccc(CN)c(Cl)c2)CCC1. The minimum atomic E-state index is -3.55. The Morgan fingerprint density at radius 3 is 2.48 bits per heavy atom. The van der Waals surface area contributed by atoms with E-state index in [-0.39, 0.29) is 17.0 Å². The molecule has 0 atom stereocenters. The normalized spacial score (nSPS) is 17.8. The minimum absolute atomic E-state index is 0.0614. The molecule has 1 aromatic rings. The highest BCUT2D eigenvalue weighted by molar-refractivity contribution is 7.89. The van der Waals surface area contributed by atoms with Gasteiger partial charge in [-0.05, 0) is 51.1 Å². The standard InChI is InChI=1S/C14H22ClN3O2S/c1-18(2)14(6-3-7-14)10-17-21(19,20)12-5-4-11(9-16)13(15)8-12/h4-5,8,17H,3,6-7,9-10,16H2,1-2H3. The zero-order valence-electron chi connectivity index (χ0n) is 12.4. The quantitative estimate of drug-likeness (QED) is 0.829. The van der Waals surface area contributed by atoms with Crippen LogP contribution in [0.25, 0.3) is 0 Å². The molecule has 1 aromatic carbocycles. The van der Waals surface area contributed by atoms with Crippen LogP contribution in [0.1, 0.15) is 24.8 Å². The Balaban J connectivity index is 2.13. The van der Waals surface area contributed by atoms with Crippen LogP contribution in [0.4, 0.5) is 0 Å². The Bertz CT molecular complexity index is 613. The summed E-state index contributed by atoms with van der Waals surface area (Å²) < 4.78 is 27.5. The lowest BCUT2D eigenvalue weighted by Gasteiger charge is -2.47. The van der Waals surface area contributed by atoms with Gasteiger partial charge >= 0.3 is 0 Å². The first-order valence-electron chi connectivity index (χ1n) is 6.96. The number of nitrogens with zero attached hydrogens (tertiary/aromatic N) is 1. The van der Waals surface area contributed by atoms with Crippen molar-refractivity contribution in [2.45, 2.75) is 36.2 Å². The number of likely N-dealkylation sites (N-methyl/N-ethyl adjacent to an activating group) is 1. The lowest BCUT2D eigenvalue weighted by Crippen LogP contribution is -2.57. The summed E-state index contributed by atoms with van der Waals surface area (Å²) >= 11 is 6.03. The topological polar surface area (TPSA) is 75.4 Å². The van der Waals surface area contributed by atoms with Crippen LogP contribution >= 0.6 is 11.6 Å². The van der Waals surface area contributed by atoms with E-state index in [0.29, 0.717) is 11.6 Å². The molecule has 0 heterocycles. The van der Waals surface area contributed by atoms with Gasteiger partial charge in [-0.25, -0.2) is 13.1 Å². The van der Waals surface area contributed by atoms with E-state index >= 15 is 0 Å². The van der Waals surface area contributed by atoms with Crippen LogP contribution in [0.5, 0.6) is 0 Å². The number of nitrogens with two attached hydrogens (primary N) is 1. The van der Waals surface area contributed by atoms with Crippen molar-refractivity contribution in [2.75, 3.05) is 20.6 Å². The second kappa shape index (κ2) is 6.22. The highest BCUT2D eigenvalue weighted by atomic mass is 35.5. The molecular formula is C14H22ClN3O2S. The molecular weight excluding hydrogens is 310 g/mol. The molecule has 0 amide bonds. The Morgan fingerprint density at radius 1 is 1.38 bits per heavy atom. The molecule has 0 saturated heterocycles. The zero-order valence-corrected chi connectivity index (χ0v) is 14.0. The van der Waals surface area contributed by atoms with Gasteiger partial charge in [-0.1, -0.05) is 17.7 Å². The van der Waals surface area contributed by atoms with Gasteiger partial charge in [0.05, 0.1) is 4.90 Å².